The van der Waals surface area contributed by atoms with Crippen molar-refractivity contribution in [3.8, 4) is 0 Å². The summed E-state index contributed by atoms with van der Waals surface area (Å²) >= 11 is 5.95. The van der Waals surface area contributed by atoms with E-state index >= 15 is 0 Å². The lowest BCUT2D eigenvalue weighted by Gasteiger charge is -2.25. The normalized spacial score (nSPS) is 13.2. The average Bonchev–Trinajstić information content (AvgIpc) is 2.25. The van der Waals surface area contributed by atoms with E-state index in [0.29, 0.717) is 5.02 Å². The second kappa shape index (κ2) is 5.52. The number of nitrogens with two attached hydrogens (primary N) is 1. The first-order valence-corrected chi connectivity index (χ1v) is 5.86. The molecule has 0 heterocycles. The SMILES string of the molecule is CC(C)(C)[C@@H](N)C(=O)OCc1ccccc1Cl. The van der Waals surface area contributed by atoms with Crippen molar-refractivity contribution in [2.45, 2.75) is 33.4 Å². The highest BCUT2D eigenvalue weighted by Crippen LogP contribution is 2.20. The van der Waals surface area contributed by atoms with Crippen molar-refractivity contribution in [3.63, 3.8) is 0 Å². The maximum atomic E-state index is 11.7. The van der Waals surface area contributed by atoms with Crippen LogP contribution in [0.4, 0.5) is 0 Å². The van der Waals surface area contributed by atoms with Crippen LogP contribution < -0.4 is 5.73 Å². The third kappa shape index (κ3) is 4.02. The van der Waals surface area contributed by atoms with Crippen LogP contribution in [0.3, 0.4) is 0 Å². The smallest absolute Gasteiger partial charge is 0.323 e. The molecule has 1 rings (SSSR count). The van der Waals surface area contributed by atoms with Gasteiger partial charge in [0.1, 0.15) is 12.6 Å². The zero-order chi connectivity index (χ0) is 13.1. The van der Waals surface area contributed by atoms with Gasteiger partial charge in [-0.05, 0) is 11.5 Å². The molecule has 2 N–H and O–H groups in total. The highest BCUT2D eigenvalue weighted by atomic mass is 35.5. The van der Waals surface area contributed by atoms with Gasteiger partial charge in [0.05, 0.1) is 0 Å². The molecule has 17 heavy (non-hydrogen) atoms. The molecule has 0 fully saturated rings. The van der Waals surface area contributed by atoms with Crippen LogP contribution >= 0.6 is 11.6 Å². The van der Waals surface area contributed by atoms with Crippen molar-refractivity contribution in [1.29, 1.82) is 0 Å². The van der Waals surface area contributed by atoms with E-state index in [1.54, 1.807) is 6.07 Å². The van der Waals surface area contributed by atoms with Crippen molar-refractivity contribution in [1.82, 2.24) is 0 Å². The molecule has 0 saturated heterocycles. The summed E-state index contributed by atoms with van der Waals surface area (Å²) < 4.78 is 5.15. The van der Waals surface area contributed by atoms with Crippen molar-refractivity contribution in [2.24, 2.45) is 11.1 Å². The summed E-state index contributed by atoms with van der Waals surface area (Å²) in [5.41, 5.74) is 6.26. The van der Waals surface area contributed by atoms with E-state index < -0.39 is 12.0 Å². The van der Waals surface area contributed by atoms with Crippen molar-refractivity contribution in [3.05, 3.63) is 34.9 Å². The Morgan fingerprint density at radius 3 is 2.53 bits per heavy atom. The fourth-order valence-corrected chi connectivity index (χ4v) is 1.40. The van der Waals surface area contributed by atoms with Gasteiger partial charge in [-0.15, -0.1) is 0 Å². The second-order valence-electron chi connectivity index (χ2n) is 5.04. The molecule has 3 nitrogen and oxygen atoms in total. The highest BCUT2D eigenvalue weighted by molar-refractivity contribution is 6.31. The first kappa shape index (κ1) is 14.0. The molecule has 0 spiro atoms. The summed E-state index contributed by atoms with van der Waals surface area (Å²) in [7, 11) is 0. The summed E-state index contributed by atoms with van der Waals surface area (Å²) in [6.07, 6.45) is 0. The van der Waals surface area contributed by atoms with Crippen molar-refractivity contribution >= 4 is 17.6 Å². The summed E-state index contributed by atoms with van der Waals surface area (Å²) in [5, 5.41) is 0.588. The van der Waals surface area contributed by atoms with E-state index in [1.807, 2.05) is 39.0 Å². The number of rotatable bonds is 3. The number of ether oxygens (including phenoxy) is 1. The van der Waals surface area contributed by atoms with Crippen LogP contribution in [0.15, 0.2) is 24.3 Å². The molecule has 0 amide bonds. The number of halogens is 1. The Labute approximate surface area is 107 Å². The van der Waals surface area contributed by atoms with Crippen molar-refractivity contribution < 1.29 is 9.53 Å². The summed E-state index contributed by atoms with van der Waals surface area (Å²) in [5.74, 6) is -0.405. The van der Waals surface area contributed by atoms with Crippen LogP contribution in [0.25, 0.3) is 0 Å². The molecule has 4 heteroatoms. The lowest BCUT2D eigenvalue weighted by Crippen LogP contribution is -2.43. The molecule has 0 aliphatic carbocycles. The third-order valence-electron chi connectivity index (χ3n) is 2.51. The van der Waals surface area contributed by atoms with Crippen LogP contribution in [0, 0.1) is 5.41 Å². The third-order valence-corrected chi connectivity index (χ3v) is 2.88. The molecule has 0 unspecified atom stereocenters. The van der Waals surface area contributed by atoms with Crippen LogP contribution in [0.1, 0.15) is 26.3 Å². The number of benzene rings is 1. The molecule has 0 aliphatic heterocycles. The van der Waals surface area contributed by atoms with E-state index in [2.05, 4.69) is 0 Å². The van der Waals surface area contributed by atoms with Crippen LogP contribution in [-0.4, -0.2) is 12.0 Å². The monoisotopic (exact) mass is 255 g/mol. The first-order valence-electron chi connectivity index (χ1n) is 5.48. The van der Waals surface area contributed by atoms with Gasteiger partial charge in [0.2, 0.25) is 0 Å². The molecule has 0 radical (unpaired) electrons. The molecule has 0 saturated carbocycles. The fourth-order valence-electron chi connectivity index (χ4n) is 1.21. The van der Waals surface area contributed by atoms with E-state index in [0.717, 1.165) is 5.56 Å². The zero-order valence-corrected chi connectivity index (χ0v) is 11.1. The molecule has 0 aromatic heterocycles. The molecular weight excluding hydrogens is 238 g/mol. The van der Waals surface area contributed by atoms with Gasteiger partial charge in [-0.2, -0.15) is 0 Å². The van der Waals surface area contributed by atoms with Crippen molar-refractivity contribution in [2.75, 3.05) is 0 Å². The Hall–Kier alpha value is -1.06. The molecule has 94 valence electrons. The van der Waals surface area contributed by atoms with Gasteiger partial charge in [-0.25, -0.2) is 0 Å². The maximum absolute atomic E-state index is 11.7. The van der Waals surface area contributed by atoms with Crippen LogP contribution in [0.2, 0.25) is 5.02 Å². The number of carbonyl (C=O) groups is 1. The van der Waals surface area contributed by atoms with Gasteiger partial charge in [0.15, 0.2) is 0 Å². The maximum Gasteiger partial charge on any atom is 0.323 e. The standard InChI is InChI=1S/C13H18ClNO2/c1-13(2,3)11(15)12(16)17-8-9-6-4-5-7-10(9)14/h4-7,11H,8,15H2,1-3H3/t11-/m0/s1. The molecule has 0 aliphatic rings. The Balaban J connectivity index is 2.58. The second-order valence-corrected chi connectivity index (χ2v) is 5.45. The van der Waals surface area contributed by atoms with Crippen LogP contribution in [0.5, 0.6) is 0 Å². The molecular formula is C13H18ClNO2. The van der Waals surface area contributed by atoms with E-state index in [9.17, 15) is 4.79 Å². The number of carbonyl (C=O) groups excluding carboxylic acids is 1. The number of esters is 1. The fraction of sp³-hybridized carbons (Fsp3) is 0.462. The van der Waals surface area contributed by atoms with Gasteiger partial charge in [-0.3, -0.25) is 4.79 Å². The molecule has 0 bridgehead atoms. The van der Waals surface area contributed by atoms with Gasteiger partial charge in [-0.1, -0.05) is 50.6 Å². The van der Waals surface area contributed by atoms with Gasteiger partial charge >= 0.3 is 5.97 Å². The van der Waals surface area contributed by atoms with Crippen LogP contribution in [-0.2, 0) is 16.1 Å². The van der Waals surface area contributed by atoms with Gasteiger partial charge in [0, 0.05) is 10.6 Å². The Morgan fingerprint density at radius 2 is 2.00 bits per heavy atom. The summed E-state index contributed by atoms with van der Waals surface area (Å²) in [6, 6.07) is 6.62. The lowest BCUT2D eigenvalue weighted by atomic mass is 9.87. The molecule has 1 atom stereocenters. The predicted octanol–water partition coefficient (Wildman–Crippen LogP) is 2.76. The Morgan fingerprint density at radius 1 is 1.41 bits per heavy atom. The lowest BCUT2D eigenvalue weighted by molar-refractivity contribution is -0.149. The minimum absolute atomic E-state index is 0.155. The predicted molar refractivity (Wildman–Crippen MR) is 68.7 cm³/mol. The van der Waals surface area contributed by atoms with E-state index in [4.69, 9.17) is 22.1 Å². The largest absolute Gasteiger partial charge is 0.460 e. The summed E-state index contributed by atoms with van der Waals surface area (Å²) in [4.78, 5) is 11.7. The minimum Gasteiger partial charge on any atom is -0.460 e. The number of hydrogen-bond acceptors (Lipinski definition) is 3. The minimum atomic E-state index is -0.634. The molecule has 1 aromatic rings. The van der Waals surface area contributed by atoms with E-state index in [1.165, 1.54) is 0 Å². The van der Waals surface area contributed by atoms with Gasteiger partial charge in [0.25, 0.3) is 0 Å². The Kier molecular flexibility index (Phi) is 4.54. The highest BCUT2D eigenvalue weighted by Gasteiger charge is 2.28. The topological polar surface area (TPSA) is 52.3 Å². The zero-order valence-electron chi connectivity index (χ0n) is 10.4. The van der Waals surface area contributed by atoms with E-state index in [-0.39, 0.29) is 12.0 Å². The first-order chi connectivity index (χ1) is 7.82. The summed E-state index contributed by atoms with van der Waals surface area (Å²) in [6.45, 7) is 5.85. The molecule has 1 aromatic carbocycles. The quantitative estimate of drug-likeness (QED) is 0.845. The number of hydrogen-bond donors (Lipinski definition) is 1. The average molecular weight is 256 g/mol. The van der Waals surface area contributed by atoms with Gasteiger partial charge < -0.3 is 10.5 Å². The Bertz CT molecular complexity index is 399.